The second-order valence-corrected chi connectivity index (χ2v) is 6.27. The van der Waals surface area contributed by atoms with E-state index in [0.717, 1.165) is 30.6 Å². The Balaban J connectivity index is 1.78. The summed E-state index contributed by atoms with van der Waals surface area (Å²) in [5, 5.41) is 3.69. The SMILES string of the molecule is COc1ccc(C2C(CNC3CC3)CCN2C)cc1OC. The molecule has 1 aliphatic heterocycles. The zero-order valence-corrected chi connectivity index (χ0v) is 13.3. The first-order chi connectivity index (χ1) is 10.2. The van der Waals surface area contributed by atoms with E-state index in [1.165, 1.54) is 24.8 Å². The van der Waals surface area contributed by atoms with Crippen molar-refractivity contribution in [1.29, 1.82) is 0 Å². The number of nitrogens with one attached hydrogen (secondary N) is 1. The van der Waals surface area contributed by atoms with Crippen LogP contribution >= 0.6 is 0 Å². The molecule has 2 atom stereocenters. The molecular formula is C17H26N2O2. The first-order valence-corrected chi connectivity index (χ1v) is 7.88. The molecule has 116 valence electrons. The Morgan fingerprint density at radius 2 is 1.90 bits per heavy atom. The van der Waals surface area contributed by atoms with Crippen molar-refractivity contribution in [1.82, 2.24) is 10.2 Å². The first-order valence-electron chi connectivity index (χ1n) is 7.88. The number of rotatable bonds is 6. The summed E-state index contributed by atoms with van der Waals surface area (Å²) in [6, 6.07) is 7.58. The molecule has 3 rings (SSSR count). The van der Waals surface area contributed by atoms with Gasteiger partial charge in [0.05, 0.1) is 14.2 Å². The maximum atomic E-state index is 5.46. The summed E-state index contributed by atoms with van der Waals surface area (Å²) in [7, 11) is 5.60. The van der Waals surface area contributed by atoms with Crippen LogP contribution in [0.25, 0.3) is 0 Å². The molecule has 1 heterocycles. The third-order valence-electron chi connectivity index (χ3n) is 4.77. The highest BCUT2D eigenvalue weighted by Gasteiger charge is 2.34. The minimum Gasteiger partial charge on any atom is -0.493 e. The van der Waals surface area contributed by atoms with Crippen LogP contribution in [-0.2, 0) is 0 Å². The number of hydrogen-bond donors (Lipinski definition) is 1. The van der Waals surface area contributed by atoms with Crippen LogP contribution in [0.1, 0.15) is 30.9 Å². The van der Waals surface area contributed by atoms with Crippen LogP contribution < -0.4 is 14.8 Å². The summed E-state index contributed by atoms with van der Waals surface area (Å²) in [6.07, 6.45) is 3.96. The molecule has 1 aliphatic carbocycles. The predicted octanol–water partition coefficient (Wildman–Crippen LogP) is 2.45. The average Bonchev–Trinajstić information content (AvgIpc) is 3.27. The maximum absolute atomic E-state index is 5.46. The quantitative estimate of drug-likeness (QED) is 0.872. The van der Waals surface area contributed by atoms with Crippen molar-refractivity contribution in [2.75, 3.05) is 34.4 Å². The van der Waals surface area contributed by atoms with Gasteiger partial charge >= 0.3 is 0 Å². The second kappa shape index (κ2) is 6.24. The fourth-order valence-corrected chi connectivity index (χ4v) is 3.41. The normalized spacial score (nSPS) is 26.0. The molecule has 21 heavy (non-hydrogen) atoms. The van der Waals surface area contributed by atoms with Gasteiger partial charge in [-0.05, 0) is 56.5 Å². The van der Waals surface area contributed by atoms with E-state index in [1.54, 1.807) is 14.2 Å². The fraction of sp³-hybridized carbons (Fsp3) is 0.647. The molecule has 1 aromatic carbocycles. The summed E-state index contributed by atoms with van der Waals surface area (Å²) in [4.78, 5) is 2.46. The van der Waals surface area contributed by atoms with E-state index < -0.39 is 0 Å². The van der Waals surface area contributed by atoms with Gasteiger partial charge in [-0.3, -0.25) is 4.90 Å². The number of likely N-dealkylation sites (tertiary alicyclic amines) is 1. The lowest BCUT2D eigenvalue weighted by atomic mass is 9.93. The summed E-state index contributed by atoms with van der Waals surface area (Å²) < 4.78 is 10.8. The number of nitrogens with zero attached hydrogens (tertiary/aromatic N) is 1. The predicted molar refractivity (Wildman–Crippen MR) is 84.0 cm³/mol. The van der Waals surface area contributed by atoms with E-state index in [4.69, 9.17) is 9.47 Å². The highest BCUT2D eigenvalue weighted by atomic mass is 16.5. The zero-order chi connectivity index (χ0) is 14.8. The van der Waals surface area contributed by atoms with E-state index in [-0.39, 0.29) is 0 Å². The maximum Gasteiger partial charge on any atom is 0.161 e. The van der Waals surface area contributed by atoms with E-state index in [1.807, 2.05) is 6.07 Å². The number of ether oxygens (including phenoxy) is 2. The van der Waals surface area contributed by atoms with Gasteiger partial charge in [0.2, 0.25) is 0 Å². The van der Waals surface area contributed by atoms with Crippen LogP contribution in [0.5, 0.6) is 11.5 Å². The Labute approximate surface area is 127 Å². The third kappa shape index (κ3) is 3.16. The fourth-order valence-electron chi connectivity index (χ4n) is 3.41. The van der Waals surface area contributed by atoms with Crippen molar-refractivity contribution in [3.05, 3.63) is 23.8 Å². The minimum atomic E-state index is 0.469. The molecule has 1 aromatic rings. The molecule has 0 bridgehead atoms. The molecular weight excluding hydrogens is 264 g/mol. The molecule has 0 amide bonds. The average molecular weight is 290 g/mol. The Bertz CT molecular complexity index is 488. The van der Waals surface area contributed by atoms with Gasteiger partial charge in [0.15, 0.2) is 11.5 Å². The number of hydrogen-bond acceptors (Lipinski definition) is 4. The van der Waals surface area contributed by atoms with Gasteiger partial charge in [0.1, 0.15) is 0 Å². The molecule has 1 saturated heterocycles. The second-order valence-electron chi connectivity index (χ2n) is 6.27. The topological polar surface area (TPSA) is 33.7 Å². The highest BCUT2D eigenvalue weighted by Crippen LogP contribution is 2.39. The molecule has 4 heteroatoms. The summed E-state index contributed by atoms with van der Waals surface area (Å²) in [5.74, 6) is 2.30. The lowest BCUT2D eigenvalue weighted by Crippen LogP contribution is -2.29. The van der Waals surface area contributed by atoms with Crippen LogP contribution in [0.4, 0.5) is 0 Å². The van der Waals surface area contributed by atoms with Gasteiger partial charge in [0, 0.05) is 18.6 Å². The summed E-state index contributed by atoms with van der Waals surface area (Å²) in [5.41, 5.74) is 1.33. The van der Waals surface area contributed by atoms with Gasteiger partial charge in [-0.1, -0.05) is 6.07 Å². The molecule has 1 saturated carbocycles. The van der Waals surface area contributed by atoms with Gasteiger partial charge < -0.3 is 14.8 Å². The van der Waals surface area contributed by atoms with Crippen molar-refractivity contribution in [2.24, 2.45) is 5.92 Å². The van der Waals surface area contributed by atoms with Crippen molar-refractivity contribution in [3.63, 3.8) is 0 Å². The third-order valence-corrected chi connectivity index (χ3v) is 4.77. The largest absolute Gasteiger partial charge is 0.493 e. The Morgan fingerprint density at radius 1 is 1.14 bits per heavy atom. The van der Waals surface area contributed by atoms with Crippen molar-refractivity contribution >= 4 is 0 Å². The Hall–Kier alpha value is -1.26. The first kappa shape index (κ1) is 14.7. The molecule has 2 fully saturated rings. The summed E-state index contributed by atoms with van der Waals surface area (Å²) in [6.45, 7) is 2.28. The Kier molecular flexibility index (Phi) is 4.36. The standard InChI is InChI=1S/C17H26N2O2/c1-19-9-8-13(11-18-14-5-6-14)17(19)12-4-7-15(20-2)16(10-12)21-3/h4,7,10,13-14,17-18H,5-6,8-9,11H2,1-3H3. The smallest absolute Gasteiger partial charge is 0.161 e. The molecule has 0 spiro atoms. The van der Waals surface area contributed by atoms with Gasteiger partial charge in [-0.25, -0.2) is 0 Å². The molecule has 0 radical (unpaired) electrons. The van der Waals surface area contributed by atoms with Gasteiger partial charge in [0.25, 0.3) is 0 Å². The van der Waals surface area contributed by atoms with E-state index in [9.17, 15) is 0 Å². The monoisotopic (exact) mass is 290 g/mol. The molecule has 4 nitrogen and oxygen atoms in total. The molecule has 1 N–H and O–H groups in total. The lowest BCUT2D eigenvalue weighted by Gasteiger charge is -2.26. The zero-order valence-electron chi connectivity index (χ0n) is 13.3. The number of benzene rings is 1. The molecule has 2 unspecified atom stereocenters. The van der Waals surface area contributed by atoms with Gasteiger partial charge in [-0.2, -0.15) is 0 Å². The Morgan fingerprint density at radius 3 is 2.57 bits per heavy atom. The lowest BCUT2D eigenvalue weighted by molar-refractivity contribution is 0.270. The molecule has 0 aromatic heterocycles. The van der Waals surface area contributed by atoms with Crippen LogP contribution in [0.3, 0.4) is 0 Å². The highest BCUT2D eigenvalue weighted by molar-refractivity contribution is 5.44. The van der Waals surface area contributed by atoms with E-state index in [2.05, 4.69) is 29.4 Å². The molecule has 2 aliphatic rings. The van der Waals surface area contributed by atoms with Gasteiger partial charge in [-0.15, -0.1) is 0 Å². The van der Waals surface area contributed by atoms with Crippen LogP contribution in [-0.4, -0.2) is 45.3 Å². The summed E-state index contributed by atoms with van der Waals surface area (Å²) >= 11 is 0. The minimum absolute atomic E-state index is 0.469. The van der Waals surface area contributed by atoms with E-state index >= 15 is 0 Å². The van der Waals surface area contributed by atoms with E-state index in [0.29, 0.717) is 12.0 Å². The van der Waals surface area contributed by atoms with Crippen molar-refractivity contribution < 1.29 is 9.47 Å². The van der Waals surface area contributed by atoms with Crippen LogP contribution in [0.2, 0.25) is 0 Å². The number of methoxy groups -OCH3 is 2. The van der Waals surface area contributed by atoms with Crippen molar-refractivity contribution in [3.8, 4) is 11.5 Å². The van der Waals surface area contributed by atoms with Crippen molar-refractivity contribution in [2.45, 2.75) is 31.3 Å². The van der Waals surface area contributed by atoms with Crippen LogP contribution in [0.15, 0.2) is 18.2 Å². The van der Waals surface area contributed by atoms with Crippen LogP contribution in [0, 0.1) is 5.92 Å².